The van der Waals surface area contributed by atoms with E-state index < -0.39 is 0 Å². The summed E-state index contributed by atoms with van der Waals surface area (Å²) in [5, 5.41) is 0. The van der Waals surface area contributed by atoms with E-state index in [4.69, 9.17) is 5.73 Å². The number of aryl methyl sites for hydroxylation is 1. The molecule has 0 aromatic heterocycles. The summed E-state index contributed by atoms with van der Waals surface area (Å²) >= 11 is 0. The lowest BCUT2D eigenvalue weighted by molar-refractivity contribution is -0.117. The van der Waals surface area contributed by atoms with Crippen molar-refractivity contribution in [2.45, 2.75) is 13.5 Å². The van der Waals surface area contributed by atoms with E-state index in [0.29, 0.717) is 6.54 Å². The molecule has 1 amide bonds. The molecule has 0 bridgehead atoms. The van der Waals surface area contributed by atoms with Crippen LogP contribution in [-0.4, -0.2) is 12.5 Å². The molecule has 0 saturated heterocycles. The standard InChI is InChI=1S/C16H18N2O/c1-13-7-5-6-8-14(13)12-18(16(19)11-17)15-9-3-2-4-10-15/h2-10H,11-12,17H2,1H3. The molecule has 0 radical (unpaired) electrons. The zero-order chi connectivity index (χ0) is 13.7. The van der Waals surface area contributed by atoms with Crippen LogP contribution < -0.4 is 10.6 Å². The van der Waals surface area contributed by atoms with Crippen molar-refractivity contribution in [1.29, 1.82) is 0 Å². The Morgan fingerprint density at radius 3 is 2.32 bits per heavy atom. The molecule has 2 rings (SSSR count). The van der Waals surface area contributed by atoms with E-state index in [9.17, 15) is 4.79 Å². The molecular formula is C16H18N2O. The van der Waals surface area contributed by atoms with Crippen LogP contribution in [0, 0.1) is 6.92 Å². The molecule has 0 heterocycles. The highest BCUT2D eigenvalue weighted by Crippen LogP contribution is 2.18. The number of hydrogen-bond acceptors (Lipinski definition) is 2. The number of para-hydroxylation sites is 1. The van der Waals surface area contributed by atoms with Crippen molar-refractivity contribution in [1.82, 2.24) is 0 Å². The lowest BCUT2D eigenvalue weighted by Crippen LogP contribution is -2.35. The summed E-state index contributed by atoms with van der Waals surface area (Å²) in [5.74, 6) is -0.0746. The van der Waals surface area contributed by atoms with E-state index in [1.54, 1.807) is 4.90 Å². The monoisotopic (exact) mass is 254 g/mol. The van der Waals surface area contributed by atoms with Gasteiger partial charge >= 0.3 is 0 Å². The average Bonchev–Trinajstić information content (AvgIpc) is 2.46. The van der Waals surface area contributed by atoms with Gasteiger partial charge in [-0.15, -0.1) is 0 Å². The van der Waals surface area contributed by atoms with E-state index in [-0.39, 0.29) is 12.5 Å². The van der Waals surface area contributed by atoms with Crippen molar-refractivity contribution < 1.29 is 4.79 Å². The number of carbonyl (C=O) groups is 1. The molecule has 0 aliphatic rings. The van der Waals surface area contributed by atoms with E-state index >= 15 is 0 Å². The van der Waals surface area contributed by atoms with Crippen molar-refractivity contribution in [3.05, 3.63) is 65.7 Å². The fourth-order valence-corrected chi connectivity index (χ4v) is 2.00. The molecule has 0 aliphatic carbocycles. The Labute approximate surface area is 113 Å². The Balaban J connectivity index is 2.30. The van der Waals surface area contributed by atoms with Crippen molar-refractivity contribution >= 4 is 11.6 Å². The molecule has 3 nitrogen and oxygen atoms in total. The van der Waals surface area contributed by atoms with Gasteiger partial charge in [-0.05, 0) is 30.2 Å². The molecule has 0 unspecified atom stereocenters. The van der Waals surface area contributed by atoms with Crippen LogP contribution in [0.5, 0.6) is 0 Å². The summed E-state index contributed by atoms with van der Waals surface area (Å²) in [6.45, 7) is 2.61. The van der Waals surface area contributed by atoms with Crippen molar-refractivity contribution in [3.8, 4) is 0 Å². The van der Waals surface area contributed by atoms with Gasteiger partial charge in [0.1, 0.15) is 0 Å². The summed E-state index contributed by atoms with van der Waals surface area (Å²) in [6, 6.07) is 17.7. The highest BCUT2D eigenvalue weighted by atomic mass is 16.2. The molecule has 0 spiro atoms. The second kappa shape index (κ2) is 6.16. The summed E-state index contributed by atoms with van der Waals surface area (Å²) in [7, 11) is 0. The first-order valence-electron chi connectivity index (χ1n) is 6.32. The van der Waals surface area contributed by atoms with Gasteiger partial charge in [0, 0.05) is 5.69 Å². The third-order valence-corrected chi connectivity index (χ3v) is 3.13. The minimum Gasteiger partial charge on any atom is -0.322 e. The zero-order valence-corrected chi connectivity index (χ0v) is 11.0. The third kappa shape index (κ3) is 3.20. The van der Waals surface area contributed by atoms with E-state index in [2.05, 4.69) is 0 Å². The number of hydrogen-bond donors (Lipinski definition) is 1. The smallest absolute Gasteiger partial charge is 0.241 e. The lowest BCUT2D eigenvalue weighted by atomic mass is 10.1. The zero-order valence-electron chi connectivity index (χ0n) is 11.0. The molecule has 0 aliphatic heterocycles. The highest BCUT2D eigenvalue weighted by Gasteiger charge is 2.15. The van der Waals surface area contributed by atoms with E-state index in [0.717, 1.165) is 11.3 Å². The Morgan fingerprint density at radius 2 is 1.68 bits per heavy atom. The molecule has 19 heavy (non-hydrogen) atoms. The normalized spacial score (nSPS) is 10.2. The van der Waals surface area contributed by atoms with Crippen LogP contribution in [-0.2, 0) is 11.3 Å². The molecule has 2 aromatic rings. The Morgan fingerprint density at radius 1 is 1.05 bits per heavy atom. The maximum absolute atomic E-state index is 12.0. The second-order valence-corrected chi connectivity index (χ2v) is 4.45. The molecule has 0 saturated carbocycles. The maximum atomic E-state index is 12.0. The first-order chi connectivity index (χ1) is 9.22. The minimum atomic E-state index is -0.0746. The van der Waals surface area contributed by atoms with E-state index in [1.165, 1.54) is 5.56 Å². The topological polar surface area (TPSA) is 46.3 Å². The summed E-state index contributed by atoms with van der Waals surface area (Å²) in [4.78, 5) is 13.8. The lowest BCUT2D eigenvalue weighted by Gasteiger charge is -2.23. The quantitative estimate of drug-likeness (QED) is 0.911. The molecule has 3 heteroatoms. The number of amides is 1. The Hall–Kier alpha value is -2.13. The first-order valence-corrected chi connectivity index (χ1v) is 6.32. The van der Waals surface area contributed by atoms with Gasteiger partial charge in [0.05, 0.1) is 13.1 Å². The van der Waals surface area contributed by atoms with Crippen LogP contribution in [0.25, 0.3) is 0 Å². The van der Waals surface area contributed by atoms with Gasteiger partial charge < -0.3 is 10.6 Å². The summed E-state index contributed by atoms with van der Waals surface area (Å²) in [6.07, 6.45) is 0. The van der Waals surface area contributed by atoms with Crippen LogP contribution in [0.1, 0.15) is 11.1 Å². The molecule has 0 atom stereocenters. The number of anilines is 1. The highest BCUT2D eigenvalue weighted by molar-refractivity contribution is 5.94. The van der Waals surface area contributed by atoms with Gasteiger partial charge in [-0.2, -0.15) is 0 Å². The Kier molecular flexibility index (Phi) is 4.31. The van der Waals surface area contributed by atoms with Gasteiger partial charge in [-0.25, -0.2) is 0 Å². The van der Waals surface area contributed by atoms with E-state index in [1.807, 2.05) is 61.5 Å². The maximum Gasteiger partial charge on any atom is 0.241 e. The van der Waals surface area contributed by atoms with Crippen LogP contribution in [0.3, 0.4) is 0 Å². The molecule has 2 N–H and O–H groups in total. The predicted molar refractivity (Wildman–Crippen MR) is 77.9 cm³/mol. The molecule has 0 fully saturated rings. The predicted octanol–water partition coefficient (Wildman–Crippen LogP) is 2.49. The third-order valence-electron chi connectivity index (χ3n) is 3.13. The van der Waals surface area contributed by atoms with Crippen molar-refractivity contribution in [3.63, 3.8) is 0 Å². The largest absolute Gasteiger partial charge is 0.322 e. The van der Waals surface area contributed by atoms with Gasteiger partial charge in [0.2, 0.25) is 5.91 Å². The second-order valence-electron chi connectivity index (χ2n) is 4.45. The van der Waals surface area contributed by atoms with Crippen LogP contribution in [0.2, 0.25) is 0 Å². The van der Waals surface area contributed by atoms with Gasteiger partial charge in [-0.1, -0.05) is 42.5 Å². The molecule has 2 aromatic carbocycles. The minimum absolute atomic E-state index is 0.0147. The summed E-state index contributed by atoms with van der Waals surface area (Å²) < 4.78 is 0. The average molecular weight is 254 g/mol. The van der Waals surface area contributed by atoms with Crippen LogP contribution in [0.4, 0.5) is 5.69 Å². The van der Waals surface area contributed by atoms with Gasteiger partial charge in [0.15, 0.2) is 0 Å². The number of carbonyl (C=O) groups excluding carboxylic acids is 1. The molecule has 98 valence electrons. The molecular weight excluding hydrogens is 236 g/mol. The SMILES string of the molecule is Cc1ccccc1CN(C(=O)CN)c1ccccc1. The summed E-state index contributed by atoms with van der Waals surface area (Å²) in [5.41, 5.74) is 8.69. The number of rotatable bonds is 4. The fraction of sp³-hybridized carbons (Fsp3) is 0.188. The number of nitrogens with two attached hydrogens (primary N) is 1. The van der Waals surface area contributed by atoms with Gasteiger partial charge in [-0.3, -0.25) is 4.79 Å². The van der Waals surface area contributed by atoms with Crippen LogP contribution in [0.15, 0.2) is 54.6 Å². The van der Waals surface area contributed by atoms with Crippen molar-refractivity contribution in [2.24, 2.45) is 5.73 Å². The number of benzene rings is 2. The van der Waals surface area contributed by atoms with Crippen molar-refractivity contribution in [2.75, 3.05) is 11.4 Å². The van der Waals surface area contributed by atoms with Crippen LogP contribution >= 0.6 is 0 Å². The fourth-order valence-electron chi connectivity index (χ4n) is 2.00. The number of nitrogens with zero attached hydrogens (tertiary/aromatic N) is 1. The first kappa shape index (κ1) is 13.3. The van der Waals surface area contributed by atoms with Gasteiger partial charge in [0.25, 0.3) is 0 Å². The Bertz CT molecular complexity index is 552.